The molecule has 13 heavy (non-hydrogen) atoms. The molecular formula is C7H2BrCl2NOS. The van der Waals surface area contributed by atoms with E-state index in [9.17, 15) is 0 Å². The van der Waals surface area contributed by atoms with Gasteiger partial charge in [-0.2, -0.15) is 0 Å². The standard InChI is InChI=1S/C7H2BrCl2NOS/c8-2-1-3(9)5-6(4(2)10)12-7(13)11-5/h1H,(H,11,13). The summed E-state index contributed by atoms with van der Waals surface area (Å²) in [4.78, 5) is 3.07. The van der Waals surface area contributed by atoms with E-state index >= 15 is 0 Å². The van der Waals surface area contributed by atoms with E-state index in [4.69, 9.17) is 39.8 Å². The number of hydrogen-bond acceptors (Lipinski definition) is 2. The summed E-state index contributed by atoms with van der Waals surface area (Å²) in [6, 6.07) is 1.69. The quantitative estimate of drug-likeness (QED) is 0.570. The lowest BCUT2D eigenvalue weighted by atomic mass is 10.3. The molecule has 0 saturated heterocycles. The number of oxazole rings is 1. The van der Waals surface area contributed by atoms with Gasteiger partial charge in [0, 0.05) is 4.47 Å². The molecule has 68 valence electrons. The van der Waals surface area contributed by atoms with Gasteiger partial charge in [-0.25, -0.2) is 0 Å². The fourth-order valence-electron chi connectivity index (χ4n) is 1.01. The second-order valence-corrected chi connectivity index (χ2v) is 4.38. The molecular weight excluding hydrogens is 297 g/mol. The maximum Gasteiger partial charge on any atom is 0.266 e. The van der Waals surface area contributed by atoms with Crippen molar-refractivity contribution in [3.05, 3.63) is 25.4 Å². The molecule has 0 aliphatic heterocycles. The topological polar surface area (TPSA) is 28.9 Å². The van der Waals surface area contributed by atoms with E-state index in [1.807, 2.05) is 0 Å². The molecule has 0 aliphatic rings. The smallest absolute Gasteiger partial charge is 0.266 e. The molecule has 2 nitrogen and oxygen atoms in total. The Morgan fingerprint density at radius 2 is 2.15 bits per heavy atom. The fourth-order valence-corrected chi connectivity index (χ4v) is 2.16. The highest BCUT2D eigenvalue weighted by Crippen LogP contribution is 2.35. The number of halogens is 3. The zero-order valence-corrected chi connectivity index (χ0v) is 9.94. The summed E-state index contributed by atoms with van der Waals surface area (Å²) in [5.41, 5.74) is 1.10. The Balaban J connectivity index is 3.04. The fraction of sp³-hybridized carbons (Fsp3) is 0. The second kappa shape index (κ2) is 3.28. The predicted octanol–water partition coefficient (Wildman–Crippen LogP) is 4.56. The molecule has 0 aliphatic carbocycles. The van der Waals surface area contributed by atoms with E-state index < -0.39 is 0 Å². The molecule has 0 radical (unpaired) electrons. The average Bonchev–Trinajstić information content (AvgIpc) is 2.44. The number of H-pyrrole nitrogens is 1. The minimum absolute atomic E-state index is 0.261. The third kappa shape index (κ3) is 1.52. The molecule has 2 rings (SSSR count). The van der Waals surface area contributed by atoms with Crippen LogP contribution in [0, 0.1) is 4.84 Å². The molecule has 2 aromatic rings. The minimum Gasteiger partial charge on any atom is -0.428 e. The van der Waals surface area contributed by atoms with Crippen LogP contribution in [-0.4, -0.2) is 4.98 Å². The van der Waals surface area contributed by atoms with Crippen LogP contribution in [0.1, 0.15) is 0 Å². The number of aromatic amines is 1. The first kappa shape index (κ1) is 9.52. The van der Waals surface area contributed by atoms with Crippen molar-refractivity contribution >= 4 is 62.4 Å². The molecule has 0 fully saturated rings. The largest absolute Gasteiger partial charge is 0.428 e. The van der Waals surface area contributed by atoms with Crippen LogP contribution < -0.4 is 0 Å². The van der Waals surface area contributed by atoms with E-state index in [-0.39, 0.29) is 4.84 Å². The lowest BCUT2D eigenvalue weighted by molar-refractivity contribution is 0.583. The van der Waals surface area contributed by atoms with Crippen LogP contribution in [0.25, 0.3) is 11.1 Å². The monoisotopic (exact) mass is 297 g/mol. The van der Waals surface area contributed by atoms with Gasteiger partial charge in [0.15, 0.2) is 5.58 Å². The van der Waals surface area contributed by atoms with Crippen molar-refractivity contribution in [1.29, 1.82) is 0 Å². The van der Waals surface area contributed by atoms with E-state index in [1.165, 1.54) is 0 Å². The highest BCUT2D eigenvalue weighted by Gasteiger charge is 2.11. The number of benzene rings is 1. The summed E-state index contributed by atoms with van der Waals surface area (Å²) in [7, 11) is 0. The number of nitrogens with one attached hydrogen (secondary N) is 1. The number of hydrogen-bond donors (Lipinski definition) is 1. The van der Waals surface area contributed by atoms with E-state index in [0.29, 0.717) is 25.6 Å². The first-order chi connectivity index (χ1) is 6.09. The van der Waals surface area contributed by atoms with Crippen LogP contribution in [0.3, 0.4) is 0 Å². The van der Waals surface area contributed by atoms with Gasteiger partial charge in [-0.05, 0) is 34.2 Å². The Bertz CT molecular complexity index is 533. The van der Waals surface area contributed by atoms with Crippen LogP contribution in [0.2, 0.25) is 10.0 Å². The van der Waals surface area contributed by atoms with Crippen molar-refractivity contribution in [2.45, 2.75) is 0 Å². The van der Waals surface area contributed by atoms with Gasteiger partial charge in [0.2, 0.25) is 0 Å². The maximum atomic E-state index is 5.95. The van der Waals surface area contributed by atoms with Crippen LogP contribution in [0.5, 0.6) is 0 Å². The highest BCUT2D eigenvalue weighted by atomic mass is 79.9. The van der Waals surface area contributed by atoms with E-state index in [2.05, 4.69) is 20.9 Å². The SMILES string of the molecule is S=c1[nH]c2c(Cl)cc(Br)c(Cl)c2o1. The van der Waals surface area contributed by atoms with Gasteiger partial charge in [0.05, 0.1) is 10.0 Å². The van der Waals surface area contributed by atoms with Crippen molar-refractivity contribution in [3.8, 4) is 0 Å². The number of rotatable bonds is 0. The highest BCUT2D eigenvalue weighted by molar-refractivity contribution is 9.10. The summed E-state index contributed by atoms with van der Waals surface area (Å²) in [6.45, 7) is 0. The molecule has 6 heteroatoms. The lowest BCUT2D eigenvalue weighted by Crippen LogP contribution is -1.74. The number of fused-ring (bicyclic) bond motifs is 1. The molecule has 1 aromatic heterocycles. The van der Waals surface area contributed by atoms with Gasteiger partial charge < -0.3 is 9.40 Å². The van der Waals surface area contributed by atoms with Crippen LogP contribution in [0.4, 0.5) is 0 Å². The average molecular weight is 299 g/mol. The Labute approximate surface area is 97.0 Å². The van der Waals surface area contributed by atoms with Crippen LogP contribution in [-0.2, 0) is 0 Å². The Kier molecular flexibility index (Phi) is 2.40. The minimum atomic E-state index is 0.261. The zero-order valence-electron chi connectivity index (χ0n) is 6.03. The van der Waals surface area contributed by atoms with E-state index in [1.54, 1.807) is 6.07 Å². The lowest BCUT2D eigenvalue weighted by Gasteiger charge is -1.97. The summed E-state index contributed by atoms with van der Waals surface area (Å²) < 4.78 is 5.86. The molecule has 1 N–H and O–H groups in total. The van der Waals surface area contributed by atoms with Crippen LogP contribution >= 0.6 is 51.3 Å². The van der Waals surface area contributed by atoms with Crippen LogP contribution in [0.15, 0.2) is 15.0 Å². The first-order valence-corrected chi connectivity index (χ1v) is 5.21. The van der Waals surface area contributed by atoms with Gasteiger partial charge in [-0.15, -0.1) is 0 Å². The molecule has 0 bridgehead atoms. The second-order valence-electron chi connectivity index (χ2n) is 2.37. The molecule has 1 heterocycles. The maximum absolute atomic E-state index is 5.95. The third-order valence-corrected chi connectivity index (χ3v) is 3.26. The molecule has 0 amide bonds. The van der Waals surface area contributed by atoms with Gasteiger partial charge in [-0.3, -0.25) is 0 Å². The van der Waals surface area contributed by atoms with Crippen molar-refractivity contribution in [1.82, 2.24) is 4.98 Å². The molecule has 1 aromatic carbocycles. The Hall–Kier alpha value is -0.0300. The first-order valence-electron chi connectivity index (χ1n) is 3.26. The van der Waals surface area contributed by atoms with E-state index in [0.717, 1.165) is 0 Å². The predicted molar refractivity (Wildman–Crippen MR) is 59.1 cm³/mol. The summed E-state index contributed by atoms with van der Waals surface area (Å²) in [5.74, 6) is 0. The van der Waals surface area contributed by atoms with Crippen molar-refractivity contribution in [2.75, 3.05) is 0 Å². The normalized spacial score (nSPS) is 11.0. The molecule has 0 unspecified atom stereocenters. The summed E-state index contributed by atoms with van der Waals surface area (Å²) in [5, 5.41) is 0.984. The van der Waals surface area contributed by atoms with Gasteiger partial charge in [-0.1, -0.05) is 23.2 Å². The van der Waals surface area contributed by atoms with Gasteiger partial charge in [0.1, 0.15) is 5.52 Å². The Morgan fingerprint density at radius 3 is 2.85 bits per heavy atom. The van der Waals surface area contributed by atoms with Gasteiger partial charge in [0.25, 0.3) is 4.84 Å². The van der Waals surface area contributed by atoms with Gasteiger partial charge >= 0.3 is 0 Å². The zero-order chi connectivity index (χ0) is 9.59. The molecule has 0 saturated carbocycles. The summed E-state index contributed by atoms with van der Waals surface area (Å²) >= 11 is 19.9. The number of aromatic nitrogens is 1. The Morgan fingerprint density at radius 1 is 1.46 bits per heavy atom. The molecule has 0 atom stereocenters. The third-order valence-electron chi connectivity index (χ3n) is 1.55. The van der Waals surface area contributed by atoms with Crippen molar-refractivity contribution in [3.63, 3.8) is 0 Å². The van der Waals surface area contributed by atoms with Crippen molar-refractivity contribution < 1.29 is 4.42 Å². The summed E-state index contributed by atoms with van der Waals surface area (Å²) in [6.07, 6.45) is 0. The molecule has 0 spiro atoms. The van der Waals surface area contributed by atoms with Crippen molar-refractivity contribution in [2.24, 2.45) is 0 Å².